The highest BCUT2D eigenvalue weighted by atomic mass is 16.5. The van der Waals surface area contributed by atoms with Crippen molar-refractivity contribution in [1.82, 2.24) is 15.1 Å². The summed E-state index contributed by atoms with van der Waals surface area (Å²) in [7, 11) is 0. The van der Waals surface area contributed by atoms with Crippen LogP contribution in [0.3, 0.4) is 0 Å². The number of hydrogen-bond acceptors (Lipinski definition) is 3. The van der Waals surface area contributed by atoms with Crippen molar-refractivity contribution in [3.8, 4) is 0 Å². The van der Waals surface area contributed by atoms with Crippen molar-refractivity contribution in [1.29, 1.82) is 0 Å². The lowest BCUT2D eigenvalue weighted by molar-refractivity contribution is 0.110. The Balaban J connectivity index is 1.81. The van der Waals surface area contributed by atoms with E-state index in [-0.39, 0.29) is 0 Å². The third-order valence-electron chi connectivity index (χ3n) is 3.26. The summed E-state index contributed by atoms with van der Waals surface area (Å²) in [5.41, 5.74) is 2.41. The molecule has 1 aliphatic heterocycles. The van der Waals surface area contributed by atoms with Crippen LogP contribution >= 0.6 is 0 Å². The minimum Gasteiger partial charge on any atom is -0.377 e. The Bertz CT molecular complexity index is 354. The summed E-state index contributed by atoms with van der Waals surface area (Å²) in [4.78, 5) is 0. The van der Waals surface area contributed by atoms with Crippen molar-refractivity contribution in [3.63, 3.8) is 0 Å². The normalized spacial score (nSPS) is 20.4. The van der Waals surface area contributed by atoms with Crippen molar-refractivity contribution in [2.45, 2.75) is 52.3 Å². The van der Waals surface area contributed by atoms with Gasteiger partial charge in [0.15, 0.2) is 0 Å². The molecule has 1 saturated heterocycles. The van der Waals surface area contributed by atoms with E-state index >= 15 is 0 Å². The number of hydrogen-bond donors (Lipinski definition) is 1. The molecular weight excluding hydrogens is 214 g/mol. The second-order valence-corrected chi connectivity index (χ2v) is 5.08. The Morgan fingerprint density at radius 2 is 2.41 bits per heavy atom. The molecule has 0 radical (unpaired) electrons. The third-order valence-corrected chi connectivity index (χ3v) is 3.26. The summed E-state index contributed by atoms with van der Waals surface area (Å²) in [6.45, 7) is 9.13. The van der Waals surface area contributed by atoms with E-state index in [4.69, 9.17) is 4.74 Å². The molecule has 0 aromatic carbocycles. The summed E-state index contributed by atoms with van der Waals surface area (Å²) in [6, 6.07) is 0.431. The van der Waals surface area contributed by atoms with E-state index in [9.17, 15) is 0 Å². The van der Waals surface area contributed by atoms with Crippen LogP contribution in [0, 0.1) is 6.92 Å². The van der Waals surface area contributed by atoms with E-state index in [1.807, 2.05) is 4.68 Å². The van der Waals surface area contributed by atoms with Gasteiger partial charge in [0.2, 0.25) is 0 Å². The van der Waals surface area contributed by atoms with Gasteiger partial charge in [0, 0.05) is 37.5 Å². The monoisotopic (exact) mass is 237 g/mol. The van der Waals surface area contributed by atoms with Crippen LogP contribution in [0.1, 0.15) is 44.0 Å². The zero-order valence-corrected chi connectivity index (χ0v) is 11.1. The maximum absolute atomic E-state index is 5.58. The number of nitrogens with zero attached hydrogens (tertiary/aromatic N) is 2. The Morgan fingerprint density at radius 1 is 1.59 bits per heavy atom. The number of aromatic nitrogens is 2. The Hall–Kier alpha value is -0.870. The quantitative estimate of drug-likeness (QED) is 0.852. The van der Waals surface area contributed by atoms with Crippen LogP contribution in [0.5, 0.6) is 0 Å². The summed E-state index contributed by atoms with van der Waals surface area (Å²) in [5.74, 6) is 0. The molecule has 0 unspecified atom stereocenters. The van der Waals surface area contributed by atoms with Crippen molar-refractivity contribution in [2.24, 2.45) is 0 Å². The topological polar surface area (TPSA) is 39.1 Å². The smallest absolute Gasteiger partial charge is 0.0700 e. The first-order valence-corrected chi connectivity index (χ1v) is 6.53. The van der Waals surface area contributed by atoms with E-state index in [1.165, 1.54) is 18.4 Å². The highest BCUT2D eigenvalue weighted by Gasteiger charge is 2.15. The van der Waals surface area contributed by atoms with Crippen molar-refractivity contribution in [2.75, 3.05) is 13.2 Å². The fraction of sp³-hybridized carbons (Fsp3) is 0.769. The molecule has 4 heteroatoms. The van der Waals surface area contributed by atoms with Gasteiger partial charge >= 0.3 is 0 Å². The molecule has 1 N–H and O–H groups in total. The highest BCUT2D eigenvalue weighted by Crippen LogP contribution is 2.12. The maximum Gasteiger partial charge on any atom is 0.0700 e. The lowest BCUT2D eigenvalue weighted by atomic mass is 10.2. The first-order chi connectivity index (χ1) is 8.16. The number of ether oxygens (including phenoxy) is 1. The Morgan fingerprint density at radius 3 is 3.00 bits per heavy atom. The molecule has 0 spiro atoms. The van der Waals surface area contributed by atoms with Crippen molar-refractivity contribution < 1.29 is 4.74 Å². The van der Waals surface area contributed by atoms with Gasteiger partial charge < -0.3 is 10.1 Å². The minimum absolute atomic E-state index is 0.412. The molecule has 1 fully saturated rings. The molecule has 96 valence electrons. The summed E-state index contributed by atoms with van der Waals surface area (Å²) in [5, 5.41) is 7.96. The number of rotatable bonds is 5. The lowest BCUT2D eigenvalue weighted by Gasteiger charge is -2.10. The van der Waals surface area contributed by atoms with Crippen molar-refractivity contribution >= 4 is 0 Å². The number of aryl methyl sites for hydroxylation is 1. The van der Waals surface area contributed by atoms with Gasteiger partial charge in [-0.3, -0.25) is 4.68 Å². The molecule has 1 aromatic heterocycles. The summed E-state index contributed by atoms with van der Waals surface area (Å²) >= 11 is 0. The fourth-order valence-corrected chi connectivity index (χ4v) is 2.13. The second-order valence-electron chi connectivity index (χ2n) is 5.08. The predicted molar refractivity (Wildman–Crippen MR) is 68.0 cm³/mol. The molecule has 0 aliphatic carbocycles. The zero-order valence-electron chi connectivity index (χ0n) is 11.1. The Kier molecular flexibility index (Phi) is 4.18. The van der Waals surface area contributed by atoms with E-state index in [0.29, 0.717) is 12.1 Å². The minimum atomic E-state index is 0.412. The van der Waals surface area contributed by atoms with E-state index in [0.717, 1.165) is 25.4 Å². The predicted octanol–water partition coefficient (Wildman–Crippen LogP) is 2.04. The third kappa shape index (κ3) is 3.30. The average molecular weight is 237 g/mol. The van der Waals surface area contributed by atoms with Gasteiger partial charge in [-0.05, 0) is 33.6 Å². The van der Waals surface area contributed by atoms with E-state index in [1.54, 1.807) is 0 Å². The van der Waals surface area contributed by atoms with Gasteiger partial charge in [0.05, 0.1) is 11.8 Å². The van der Waals surface area contributed by atoms with Crippen LogP contribution in [0.4, 0.5) is 0 Å². The first-order valence-electron chi connectivity index (χ1n) is 6.53. The molecule has 0 saturated carbocycles. The molecule has 0 amide bonds. The first kappa shape index (κ1) is 12.6. The molecule has 0 bridgehead atoms. The van der Waals surface area contributed by atoms with Gasteiger partial charge in [0.1, 0.15) is 0 Å². The van der Waals surface area contributed by atoms with Crippen LogP contribution in [0.25, 0.3) is 0 Å². The molecular formula is C13H23N3O. The van der Waals surface area contributed by atoms with Crippen LogP contribution in [0.15, 0.2) is 6.20 Å². The second kappa shape index (κ2) is 5.65. The SMILES string of the molecule is Cc1nn(C(C)C)cc1CNC[C@H]1CCCO1. The van der Waals surface area contributed by atoms with E-state index in [2.05, 4.69) is 37.4 Å². The average Bonchev–Trinajstić information content (AvgIpc) is 2.89. The van der Waals surface area contributed by atoms with Crippen LogP contribution < -0.4 is 5.32 Å². The summed E-state index contributed by atoms with van der Waals surface area (Å²) in [6.07, 6.45) is 4.95. The van der Waals surface area contributed by atoms with Gasteiger partial charge in [0.25, 0.3) is 0 Å². The lowest BCUT2D eigenvalue weighted by Crippen LogP contribution is -2.25. The molecule has 1 atom stereocenters. The van der Waals surface area contributed by atoms with Gasteiger partial charge in [-0.2, -0.15) is 5.10 Å². The van der Waals surface area contributed by atoms with Crippen molar-refractivity contribution in [3.05, 3.63) is 17.5 Å². The van der Waals surface area contributed by atoms with Crippen LogP contribution in [-0.4, -0.2) is 29.0 Å². The van der Waals surface area contributed by atoms with Crippen LogP contribution in [0.2, 0.25) is 0 Å². The standard InChI is InChI=1S/C13H23N3O/c1-10(2)16-9-12(11(3)15-16)7-14-8-13-5-4-6-17-13/h9-10,13-14H,4-8H2,1-3H3/t13-/m1/s1. The van der Waals surface area contributed by atoms with Crippen LogP contribution in [-0.2, 0) is 11.3 Å². The molecule has 2 rings (SSSR count). The molecule has 4 nitrogen and oxygen atoms in total. The molecule has 1 aliphatic rings. The van der Waals surface area contributed by atoms with Gasteiger partial charge in [-0.25, -0.2) is 0 Å². The molecule has 2 heterocycles. The molecule has 17 heavy (non-hydrogen) atoms. The molecule has 1 aromatic rings. The zero-order chi connectivity index (χ0) is 12.3. The van der Waals surface area contributed by atoms with Gasteiger partial charge in [-0.15, -0.1) is 0 Å². The maximum atomic E-state index is 5.58. The summed E-state index contributed by atoms with van der Waals surface area (Å²) < 4.78 is 7.61. The highest BCUT2D eigenvalue weighted by molar-refractivity contribution is 5.15. The van der Waals surface area contributed by atoms with Gasteiger partial charge in [-0.1, -0.05) is 0 Å². The largest absolute Gasteiger partial charge is 0.377 e. The van der Waals surface area contributed by atoms with E-state index < -0.39 is 0 Å². The number of nitrogens with one attached hydrogen (secondary N) is 1. The fourth-order valence-electron chi connectivity index (χ4n) is 2.13. The Labute approximate surface area is 103 Å².